The predicted molar refractivity (Wildman–Crippen MR) is 83.5 cm³/mol. The standard InChI is InChI=1S/C18H20O4/c1-17(2)10-18(3,13-8-11(19)4-6-15(13)21)22-16-7-5-12(20)9-14(16)17/h4-9,19-21H,10H2,1-3H3. The predicted octanol–water partition coefficient (Wildman–Crippen LogP) is 3.78. The fraction of sp³-hybridized carbons (Fsp3) is 0.333. The van der Waals surface area contributed by atoms with Crippen molar-refractivity contribution in [2.24, 2.45) is 0 Å². The molecule has 4 nitrogen and oxygen atoms in total. The molecule has 1 heterocycles. The lowest BCUT2D eigenvalue weighted by Crippen LogP contribution is -2.41. The zero-order valence-corrected chi connectivity index (χ0v) is 12.9. The van der Waals surface area contributed by atoms with Crippen molar-refractivity contribution in [2.45, 2.75) is 38.2 Å². The van der Waals surface area contributed by atoms with Crippen LogP contribution in [-0.2, 0) is 11.0 Å². The SMILES string of the molecule is CC1(C)CC(C)(c2cc(O)ccc2O)Oc2ccc(O)cc21. The minimum atomic E-state index is -0.768. The molecule has 0 amide bonds. The van der Waals surface area contributed by atoms with E-state index in [4.69, 9.17) is 4.74 Å². The summed E-state index contributed by atoms with van der Waals surface area (Å²) in [5.74, 6) is 1.07. The largest absolute Gasteiger partial charge is 0.508 e. The van der Waals surface area contributed by atoms with Crippen molar-refractivity contribution in [3.63, 3.8) is 0 Å². The van der Waals surface area contributed by atoms with E-state index in [-0.39, 0.29) is 22.7 Å². The van der Waals surface area contributed by atoms with Gasteiger partial charge < -0.3 is 20.1 Å². The van der Waals surface area contributed by atoms with Gasteiger partial charge in [0.2, 0.25) is 0 Å². The summed E-state index contributed by atoms with van der Waals surface area (Å²) < 4.78 is 6.15. The molecule has 4 heteroatoms. The second-order valence-electron chi connectivity index (χ2n) is 6.78. The minimum absolute atomic E-state index is 0.0898. The second kappa shape index (κ2) is 4.57. The lowest BCUT2D eigenvalue weighted by molar-refractivity contribution is 0.0301. The van der Waals surface area contributed by atoms with E-state index in [9.17, 15) is 15.3 Å². The van der Waals surface area contributed by atoms with Gasteiger partial charge in [0.15, 0.2) is 0 Å². The van der Waals surface area contributed by atoms with Crippen LogP contribution in [0, 0.1) is 0 Å². The number of rotatable bonds is 1. The molecule has 0 aliphatic carbocycles. The number of fused-ring (bicyclic) bond motifs is 1. The summed E-state index contributed by atoms with van der Waals surface area (Å²) in [6.45, 7) is 6.05. The zero-order chi connectivity index (χ0) is 16.1. The van der Waals surface area contributed by atoms with E-state index in [0.29, 0.717) is 17.7 Å². The first-order valence-electron chi connectivity index (χ1n) is 7.26. The Morgan fingerprint density at radius 2 is 1.45 bits per heavy atom. The summed E-state index contributed by atoms with van der Waals surface area (Å²) >= 11 is 0. The van der Waals surface area contributed by atoms with Gasteiger partial charge in [0, 0.05) is 17.5 Å². The molecule has 0 saturated carbocycles. The van der Waals surface area contributed by atoms with Gasteiger partial charge in [-0.2, -0.15) is 0 Å². The first-order chi connectivity index (χ1) is 10.2. The molecule has 0 fully saturated rings. The fourth-order valence-corrected chi connectivity index (χ4v) is 3.45. The van der Waals surface area contributed by atoms with Crippen molar-refractivity contribution in [3.05, 3.63) is 47.5 Å². The third-order valence-electron chi connectivity index (χ3n) is 4.36. The normalized spacial score (nSPS) is 22.7. The van der Waals surface area contributed by atoms with E-state index in [2.05, 4.69) is 13.8 Å². The summed E-state index contributed by atoms with van der Waals surface area (Å²) in [5.41, 5.74) is 0.471. The maximum atomic E-state index is 10.2. The van der Waals surface area contributed by atoms with Gasteiger partial charge in [0.1, 0.15) is 28.6 Å². The maximum Gasteiger partial charge on any atom is 0.136 e. The Labute approximate surface area is 129 Å². The van der Waals surface area contributed by atoms with Gasteiger partial charge in [-0.05, 0) is 48.7 Å². The van der Waals surface area contributed by atoms with Gasteiger partial charge in [-0.1, -0.05) is 13.8 Å². The molecule has 1 atom stereocenters. The molecule has 3 N–H and O–H groups in total. The molecule has 3 rings (SSSR count). The lowest BCUT2D eigenvalue weighted by atomic mass is 9.71. The smallest absolute Gasteiger partial charge is 0.136 e. The van der Waals surface area contributed by atoms with Gasteiger partial charge in [0.25, 0.3) is 0 Å². The average Bonchev–Trinajstić information content (AvgIpc) is 2.42. The summed E-state index contributed by atoms with van der Waals surface area (Å²) in [7, 11) is 0. The average molecular weight is 300 g/mol. The molecule has 0 aromatic heterocycles. The topological polar surface area (TPSA) is 69.9 Å². The van der Waals surface area contributed by atoms with Crippen LogP contribution in [0.4, 0.5) is 0 Å². The molecule has 1 aliphatic heterocycles. The Hall–Kier alpha value is -2.36. The molecular weight excluding hydrogens is 280 g/mol. The highest BCUT2D eigenvalue weighted by atomic mass is 16.5. The minimum Gasteiger partial charge on any atom is -0.508 e. The highest BCUT2D eigenvalue weighted by Gasteiger charge is 2.44. The molecule has 0 bridgehead atoms. The molecule has 0 spiro atoms. The Balaban J connectivity index is 2.14. The van der Waals surface area contributed by atoms with Crippen molar-refractivity contribution in [1.82, 2.24) is 0 Å². The monoisotopic (exact) mass is 300 g/mol. The molecule has 2 aromatic rings. The highest BCUT2D eigenvalue weighted by Crippen LogP contribution is 2.51. The number of hydrogen-bond acceptors (Lipinski definition) is 4. The molecule has 0 saturated heterocycles. The number of hydrogen-bond donors (Lipinski definition) is 3. The van der Waals surface area contributed by atoms with Crippen LogP contribution in [0.15, 0.2) is 36.4 Å². The fourth-order valence-electron chi connectivity index (χ4n) is 3.45. The van der Waals surface area contributed by atoms with Gasteiger partial charge in [0.05, 0.1) is 0 Å². The molecule has 22 heavy (non-hydrogen) atoms. The van der Waals surface area contributed by atoms with E-state index in [1.165, 1.54) is 18.2 Å². The summed E-state index contributed by atoms with van der Waals surface area (Å²) in [5, 5.41) is 29.6. The van der Waals surface area contributed by atoms with Gasteiger partial charge >= 0.3 is 0 Å². The Bertz CT molecular complexity index is 736. The first kappa shape index (κ1) is 14.6. The van der Waals surface area contributed by atoms with Gasteiger partial charge in [-0.15, -0.1) is 0 Å². The van der Waals surface area contributed by atoms with E-state index >= 15 is 0 Å². The van der Waals surface area contributed by atoms with Crippen LogP contribution in [0.3, 0.4) is 0 Å². The molecule has 2 aromatic carbocycles. The quantitative estimate of drug-likeness (QED) is 0.701. The van der Waals surface area contributed by atoms with E-state index in [1.807, 2.05) is 6.92 Å². The van der Waals surface area contributed by atoms with Crippen LogP contribution in [0.5, 0.6) is 23.0 Å². The van der Waals surface area contributed by atoms with E-state index in [0.717, 1.165) is 5.56 Å². The van der Waals surface area contributed by atoms with E-state index < -0.39 is 5.60 Å². The summed E-state index contributed by atoms with van der Waals surface area (Å²) in [4.78, 5) is 0. The van der Waals surface area contributed by atoms with Crippen LogP contribution in [0.2, 0.25) is 0 Å². The third kappa shape index (κ3) is 2.25. The van der Waals surface area contributed by atoms with Crippen LogP contribution in [0.1, 0.15) is 38.3 Å². The van der Waals surface area contributed by atoms with Crippen molar-refractivity contribution in [1.29, 1.82) is 0 Å². The van der Waals surface area contributed by atoms with Crippen LogP contribution in [0.25, 0.3) is 0 Å². The zero-order valence-electron chi connectivity index (χ0n) is 12.9. The third-order valence-corrected chi connectivity index (χ3v) is 4.36. The number of benzene rings is 2. The maximum absolute atomic E-state index is 10.2. The molecular formula is C18H20O4. The molecule has 0 radical (unpaired) electrons. The van der Waals surface area contributed by atoms with Crippen LogP contribution >= 0.6 is 0 Å². The molecule has 116 valence electrons. The van der Waals surface area contributed by atoms with Gasteiger partial charge in [-0.25, -0.2) is 0 Å². The van der Waals surface area contributed by atoms with Crippen LogP contribution < -0.4 is 4.74 Å². The Morgan fingerprint density at radius 3 is 2.14 bits per heavy atom. The van der Waals surface area contributed by atoms with Crippen molar-refractivity contribution >= 4 is 0 Å². The summed E-state index contributed by atoms with van der Waals surface area (Å²) in [6.07, 6.45) is 0.605. The first-order valence-corrected chi connectivity index (χ1v) is 7.26. The second-order valence-corrected chi connectivity index (χ2v) is 6.78. The van der Waals surface area contributed by atoms with Crippen molar-refractivity contribution in [2.75, 3.05) is 0 Å². The molecule has 1 unspecified atom stereocenters. The van der Waals surface area contributed by atoms with Crippen LogP contribution in [-0.4, -0.2) is 15.3 Å². The Kier molecular flexibility index (Phi) is 3.02. The Morgan fingerprint density at radius 1 is 0.864 bits per heavy atom. The van der Waals surface area contributed by atoms with Crippen molar-refractivity contribution in [3.8, 4) is 23.0 Å². The number of phenolic OH excluding ortho intramolecular Hbond substituents is 3. The lowest BCUT2D eigenvalue weighted by Gasteiger charge is -2.44. The van der Waals surface area contributed by atoms with Gasteiger partial charge in [-0.3, -0.25) is 0 Å². The molecule has 1 aliphatic rings. The number of aromatic hydroxyl groups is 3. The number of phenols is 3. The van der Waals surface area contributed by atoms with E-state index in [1.54, 1.807) is 18.2 Å². The summed E-state index contributed by atoms with van der Waals surface area (Å²) in [6, 6.07) is 9.50. The highest BCUT2D eigenvalue weighted by molar-refractivity contribution is 5.50. The number of ether oxygens (including phenoxy) is 1. The van der Waals surface area contributed by atoms with Crippen molar-refractivity contribution < 1.29 is 20.1 Å².